The van der Waals surface area contributed by atoms with Crippen molar-refractivity contribution in [3.05, 3.63) is 24.8 Å². The average Bonchev–Trinajstić information content (AvgIpc) is 2.10. The van der Waals surface area contributed by atoms with E-state index in [0.717, 1.165) is 0 Å². The first-order valence-corrected chi connectivity index (χ1v) is 4.89. The molecule has 0 radical (unpaired) electrons. The first kappa shape index (κ1) is 22.5. The molecule has 0 nitrogen and oxygen atoms in total. The Hall–Kier alpha value is -0.520. The summed E-state index contributed by atoms with van der Waals surface area (Å²) in [5, 5.41) is 0. The molecule has 12 heavy (non-hydrogen) atoms. The van der Waals surface area contributed by atoms with Crippen molar-refractivity contribution in [3.8, 4) is 0 Å². The molecule has 0 heteroatoms. The summed E-state index contributed by atoms with van der Waals surface area (Å²) in [5.41, 5.74) is 0. The van der Waals surface area contributed by atoms with Crippen LogP contribution in [0.4, 0.5) is 0 Å². The maximum atomic E-state index is 3.36. The van der Waals surface area contributed by atoms with Gasteiger partial charge >= 0.3 is 0 Å². The van der Waals surface area contributed by atoms with Crippen LogP contribution in [0.25, 0.3) is 0 Å². The maximum absolute atomic E-state index is 3.36. The zero-order valence-corrected chi connectivity index (χ0v) is 10.1. The Labute approximate surface area is 80.4 Å². The summed E-state index contributed by atoms with van der Waals surface area (Å²) < 4.78 is 0. The van der Waals surface area contributed by atoms with Crippen LogP contribution in [-0.2, 0) is 0 Å². The predicted octanol–water partition coefficient (Wildman–Crippen LogP) is 5.22. The van der Waals surface area contributed by atoms with E-state index in [2.05, 4.69) is 20.4 Å². The minimum absolute atomic E-state index is 1.25. The molecule has 76 valence electrons. The van der Waals surface area contributed by atoms with Crippen molar-refractivity contribution in [2.45, 2.75) is 54.9 Å². The Bertz CT molecular complexity index is 47.1. The largest absolute Gasteiger partial charge is 0.103 e. The van der Waals surface area contributed by atoms with E-state index in [1.807, 2.05) is 46.8 Å². The molecule has 0 fully saturated rings. The van der Waals surface area contributed by atoms with Gasteiger partial charge in [-0.3, -0.25) is 0 Å². The molecule has 0 bridgehead atoms. The molecule has 0 heterocycles. The van der Waals surface area contributed by atoms with Gasteiger partial charge in [0.15, 0.2) is 0 Å². The number of hydrogen-bond acceptors (Lipinski definition) is 0. The molecular formula is C12H28. The molecule has 0 spiro atoms. The second-order valence-corrected chi connectivity index (χ2v) is 1.78. The van der Waals surface area contributed by atoms with Gasteiger partial charge in [-0.1, -0.05) is 52.3 Å². The van der Waals surface area contributed by atoms with Crippen molar-refractivity contribution in [2.75, 3.05) is 0 Å². The van der Waals surface area contributed by atoms with E-state index in [-0.39, 0.29) is 0 Å². The molecule has 0 rings (SSSR count). The zero-order valence-electron chi connectivity index (χ0n) is 10.1. The first-order valence-electron chi connectivity index (χ1n) is 4.89. The van der Waals surface area contributed by atoms with E-state index in [0.29, 0.717) is 0 Å². The first-order chi connectivity index (χ1) is 5.74. The molecule has 0 amide bonds. The fraction of sp³-hybridized carbons (Fsp3) is 0.667. The topological polar surface area (TPSA) is 0 Å². The normalized spacial score (nSPS) is 6.25. The number of allylic oxidation sites excluding steroid dienone is 3. The van der Waals surface area contributed by atoms with Crippen LogP contribution in [0.3, 0.4) is 0 Å². The van der Waals surface area contributed by atoms with E-state index < -0.39 is 0 Å². The average molecular weight is 172 g/mol. The molecule has 0 aliphatic heterocycles. The highest BCUT2D eigenvalue weighted by atomic mass is 13.4. The third kappa shape index (κ3) is 2960. The lowest BCUT2D eigenvalue weighted by atomic mass is 10.6. The van der Waals surface area contributed by atoms with Crippen LogP contribution >= 0.6 is 0 Å². The van der Waals surface area contributed by atoms with E-state index in [9.17, 15) is 0 Å². The highest BCUT2D eigenvalue weighted by Gasteiger charge is 1.35. The Balaban J connectivity index is -0.0000000368. The minimum Gasteiger partial charge on any atom is -0.103 e. The van der Waals surface area contributed by atoms with Crippen LogP contribution in [-0.4, -0.2) is 0 Å². The Kier molecular flexibility index (Phi) is 146. The zero-order chi connectivity index (χ0) is 10.8. The third-order valence-electron chi connectivity index (χ3n) is 0.333. The standard InChI is InChI=1S/C4H8.C3H8.C3H6.C2H6/c1-3-4-2;2*1-3-2;1-2/h3-4H,1-2H3;3H2,1-2H3;3H,1H2,2H3;1-2H3/b4-3-;;;. The smallest absolute Gasteiger partial charge is 0.0470 e. The number of rotatable bonds is 0. The van der Waals surface area contributed by atoms with Crippen LogP contribution in [0.1, 0.15) is 54.9 Å². The van der Waals surface area contributed by atoms with Gasteiger partial charge in [-0.25, -0.2) is 0 Å². The molecule has 0 N–H and O–H groups in total. The molecule has 0 aromatic heterocycles. The summed E-state index contributed by atoms with van der Waals surface area (Å²) in [7, 11) is 0. The summed E-state index contributed by atoms with van der Waals surface area (Å²) in [6.45, 7) is 17.5. The Morgan fingerprint density at radius 2 is 1.00 bits per heavy atom. The van der Waals surface area contributed by atoms with Gasteiger partial charge in [-0.2, -0.15) is 0 Å². The second kappa shape index (κ2) is 77.8. The van der Waals surface area contributed by atoms with Gasteiger partial charge in [0.25, 0.3) is 0 Å². The molecule has 0 saturated carbocycles. The van der Waals surface area contributed by atoms with Crippen molar-refractivity contribution in [2.24, 2.45) is 0 Å². The summed E-state index contributed by atoms with van der Waals surface area (Å²) >= 11 is 0. The molecule has 0 atom stereocenters. The lowest BCUT2D eigenvalue weighted by Gasteiger charge is -1.49. The Morgan fingerprint density at radius 3 is 1.00 bits per heavy atom. The van der Waals surface area contributed by atoms with E-state index >= 15 is 0 Å². The molecule has 0 aliphatic carbocycles. The van der Waals surface area contributed by atoms with Gasteiger partial charge in [0.05, 0.1) is 0 Å². The fourth-order valence-electron chi connectivity index (χ4n) is 0. The maximum Gasteiger partial charge on any atom is -0.0470 e. The van der Waals surface area contributed by atoms with E-state index in [4.69, 9.17) is 0 Å². The summed E-state index contributed by atoms with van der Waals surface area (Å²) in [4.78, 5) is 0. The van der Waals surface area contributed by atoms with Gasteiger partial charge < -0.3 is 0 Å². The van der Waals surface area contributed by atoms with Gasteiger partial charge in [0.2, 0.25) is 0 Å². The van der Waals surface area contributed by atoms with Crippen LogP contribution in [0.5, 0.6) is 0 Å². The van der Waals surface area contributed by atoms with Crippen molar-refractivity contribution in [1.82, 2.24) is 0 Å². The van der Waals surface area contributed by atoms with Crippen molar-refractivity contribution < 1.29 is 0 Å². The Morgan fingerprint density at radius 1 is 0.917 bits per heavy atom. The van der Waals surface area contributed by atoms with Gasteiger partial charge in [-0.05, 0) is 20.8 Å². The van der Waals surface area contributed by atoms with Crippen LogP contribution in [0.15, 0.2) is 24.8 Å². The molecule has 0 aromatic rings. The van der Waals surface area contributed by atoms with Gasteiger partial charge in [-0.15, -0.1) is 6.58 Å². The summed E-state index contributed by atoms with van der Waals surface area (Å²) in [5.74, 6) is 0. The SMILES string of the molecule is C/C=C\C.C=CC.CC.CCC. The highest BCUT2D eigenvalue weighted by molar-refractivity contribution is 4.68. The van der Waals surface area contributed by atoms with Crippen molar-refractivity contribution in [1.29, 1.82) is 0 Å². The summed E-state index contributed by atoms with van der Waals surface area (Å²) in [6, 6.07) is 0. The predicted molar refractivity (Wildman–Crippen MR) is 63.7 cm³/mol. The lowest BCUT2D eigenvalue weighted by molar-refractivity contribution is 1.09. The minimum atomic E-state index is 1.25. The molecule has 0 saturated heterocycles. The van der Waals surface area contributed by atoms with E-state index in [1.54, 1.807) is 6.08 Å². The van der Waals surface area contributed by atoms with Crippen LogP contribution < -0.4 is 0 Å². The van der Waals surface area contributed by atoms with Crippen LogP contribution in [0.2, 0.25) is 0 Å². The third-order valence-corrected chi connectivity index (χ3v) is 0.333. The van der Waals surface area contributed by atoms with E-state index in [1.165, 1.54) is 6.42 Å². The highest BCUT2D eigenvalue weighted by Crippen LogP contribution is 1.57. The fourth-order valence-corrected chi connectivity index (χ4v) is 0. The van der Waals surface area contributed by atoms with Gasteiger partial charge in [0.1, 0.15) is 0 Å². The molecule has 0 aliphatic rings. The second-order valence-electron chi connectivity index (χ2n) is 1.78. The molecular weight excluding hydrogens is 144 g/mol. The molecule has 0 unspecified atom stereocenters. The van der Waals surface area contributed by atoms with Crippen LogP contribution in [0, 0.1) is 0 Å². The summed E-state index contributed by atoms with van der Waals surface area (Å²) in [6.07, 6.45) is 7.00. The lowest BCUT2D eigenvalue weighted by Crippen LogP contribution is -1.27. The van der Waals surface area contributed by atoms with Crippen molar-refractivity contribution in [3.63, 3.8) is 0 Å². The molecule has 0 aromatic carbocycles. The van der Waals surface area contributed by atoms with Crippen molar-refractivity contribution >= 4 is 0 Å². The quantitative estimate of drug-likeness (QED) is 0.440. The monoisotopic (exact) mass is 172 g/mol. The number of hydrogen-bond donors (Lipinski definition) is 0. The van der Waals surface area contributed by atoms with Gasteiger partial charge in [0, 0.05) is 0 Å².